The van der Waals surface area contributed by atoms with Gasteiger partial charge in [0.1, 0.15) is 0 Å². The molecule has 0 saturated carbocycles. The quantitative estimate of drug-likeness (QED) is 0.650. The van der Waals surface area contributed by atoms with Gasteiger partial charge >= 0.3 is 0 Å². The van der Waals surface area contributed by atoms with Crippen LogP contribution in [0.5, 0.6) is 0 Å². The Morgan fingerprint density at radius 2 is 2.29 bits per heavy atom. The van der Waals surface area contributed by atoms with Crippen molar-refractivity contribution in [1.29, 1.82) is 0 Å². The van der Waals surface area contributed by atoms with Crippen molar-refractivity contribution in [1.82, 2.24) is 10.2 Å². The molecule has 1 rings (SSSR count). The van der Waals surface area contributed by atoms with Gasteiger partial charge in [-0.1, -0.05) is 13.0 Å². The van der Waals surface area contributed by atoms with Crippen LogP contribution < -0.4 is 5.32 Å². The van der Waals surface area contributed by atoms with Crippen molar-refractivity contribution >= 4 is 11.3 Å². The minimum Gasteiger partial charge on any atom is -0.383 e. The van der Waals surface area contributed by atoms with Gasteiger partial charge in [0.2, 0.25) is 0 Å². The first-order chi connectivity index (χ1) is 8.36. The maximum atomic E-state index is 4.99. The summed E-state index contributed by atoms with van der Waals surface area (Å²) in [6.07, 6.45) is 1.20. The molecule has 0 aliphatic carbocycles. The van der Waals surface area contributed by atoms with Crippen LogP contribution in [0.3, 0.4) is 0 Å². The lowest BCUT2D eigenvalue weighted by Gasteiger charge is -2.19. The number of hydrogen-bond donors (Lipinski definition) is 1. The molecule has 3 nitrogen and oxygen atoms in total. The highest BCUT2D eigenvalue weighted by Crippen LogP contribution is 2.11. The summed E-state index contributed by atoms with van der Waals surface area (Å²) in [4.78, 5) is 3.95. The Morgan fingerprint density at radius 3 is 2.94 bits per heavy atom. The Hall–Kier alpha value is -0.420. The molecule has 1 heterocycles. The lowest BCUT2D eigenvalue weighted by atomic mass is 10.3. The van der Waals surface area contributed by atoms with Crippen molar-refractivity contribution in [2.24, 2.45) is 0 Å². The molecule has 0 radical (unpaired) electrons. The standard InChI is InChI=1S/C13H24N2OS/c1-3-15(12-13-6-4-11-17-13)9-5-7-14-8-10-16-2/h4,6,11,14H,3,5,7-10,12H2,1-2H3. The van der Waals surface area contributed by atoms with Gasteiger partial charge < -0.3 is 10.1 Å². The number of nitrogens with one attached hydrogen (secondary N) is 1. The molecule has 0 aliphatic heterocycles. The fraction of sp³-hybridized carbons (Fsp3) is 0.692. The Morgan fingerprint density at radius 1 is 1.41 bits per heavy atom. The molecule has 0 bridgehead atoms. The van der Waals surface area contributed by atoms with Crippen LogP contribution in [0.1, 0.15) is 18.2 Å². The third-order valence-corrected chi connectivity index (χ3v) is 3.58. The van der Waals surface area contributed by atoms with Crippen LogP contribution in [0.4, 0.5) is 0 Å². The van der Waals surface area contributed by atoms with E-state index in [-0.39, 0.29) is 0 Å². The molecule has 98 valence electrons. The van der Waals surface area contributed by atoms with Crippen molar-refractivity contribution < 1.29 is 4.74 Å². The lowest BCUT2D eigenvalue weighted by molar-refractivity contribution is 0.198. The van der Waals surface area contributed by atoms with Gasteiger partial charge in [0.25, 0.3) is 0 Å². The van der Waals surface area contributed by atoms with Crippen molar-refractivity contribution in [2.45, 2.75) is 19.9 Å². The Balaban J connectivity index is 2.06. The molecule has 0 aliphatic rings. The smallest absolute Gasteiger partial charge is 0.0587 e. The average Bonchev–Trinajstić information content (AvgIpc) is 2.85. The second kappa shape index (κ2) is 9.59. The second-order valence-corrected chi connectivity index (χ2v) is 5.08. The van der Waals surface area contributed by atoms with Gasteiger partial charge in [-0.05, 0) is 37.5 Å². The van der Waals surface area contributed by atoms with Gasteiger partial charge in [-0.25, -0.2) is 0 Å². The normalized spacial score (nSPS) is 11.2. The first-order valence-electron chi connectivity index (χ1n) is 6.31. The van der Waals surface area contributed by atoms with E-state index in [0.29, 0.717) is 0 Å². The molecule has 1 aromatic rings. The van der Waals surface area contributed by atoms with Crippen LogP contribution in [0.2, 0.25) is 0 Å². The average molecular weight is 256 g/mol. The summed E-state index contributed by atoms with van der Waals surface area (Å²) in [5.41, 5.74) is 0. The van der Waals surface area contributed by atoms with E-state index in [0.717, 1.165) is 39.3 Å². The first kappa shape index (κ1) is 14.6. The van der Waals surface area contributed by atoms with Gasteiger partial charge in [0.05, 0.1) is 6.61 Å². The molecule has 17 heavy (non-hydrogen) atoms. The molecule has 0 fully saturated rings. The predicted octanol–water partition coefficient (Wildman–Crippen LogP) is 2.20. The third-order valence-electron chi connectivity index (χ3n) is 2.72. The second-order valence-electron chi connectivity index (χ2n) is 4.04. The van der Waals surface area contributed by atoms with Crippen molar-refractivity contribution in [2.75, 3.05) is 39.9 Å². The number of ether oxygens (including phenoxy) is 1. The first-order valence-corrected chi connectivity index (χ1v) is 7.19. The SMILES string of the molecule is CCN(CCCNCCOC)Cc1cccs1. The topological polar surface area (TPSA) is 24.5 Å². The number of methoxy groups -OCH3 is 1. The molecule has 0 unspecified atom stereocenters. The van der Waals surface area contributed by atoms with Crippen molar-refractivity contribution in [3.05, 3.63) is 22.4 Å². The Kier molecular flexibility index (Phi) is 8.26. The molecule has 0 saturated heterocycles. The van der Waals surface area contributed by atoms with E-state index < -0.39 is 0 Å². The zero-order valence-electron chi connectivity index (χ0n) is 10.9. The summed E-state index contributed by atoms with van der Waals surface area (Å²) in [7, 11) is 1.74. The highest BCUT2D eigenvalue weighted by atomic mass is 32.1. The van der Waals surface area contributed by atoms with Crippen LogP contribution in [0, 0.1) is 0 Å². The Bertz CT molecular complexity index is 264. The number of rotatable bonds is 10. The zero-order chi connectivity index (χ0) is 12.3. The number of nitrogens with zero attached hydrogens (tertiary/aromatic N) is 1. The summed E-state index contributed by atoms with van der Waals surface area (Å²) in [6, 6.07) is 4.34. The molecule has 1 aromatic heterocycles. The Labute approximate surface area is 109 Å². The van der Waals surface area contributed by atoms with Gasteiger partial charge in [-0.3, -0.25) is 4.90 Å². The van der Waals surface area contributed by atoms with E-state index in [2.05, 4.69) is 34.7 Å². The van der Waals surface area contributed by atoms with Gasteiger partial charge in [-0.2, -0.15) is 0 Å². The highest BCUT2D eigenvalue weighted by molar-refractivity contribution is 7.09. The van der Waals surface area contributed by atoms with Crippen molar-refractivity contribution in [3.63, 3.8) is 0 Å². The molecule has 0 aromatic carbocycles. The van der Waals surface area contributed by atoms with Gasteiger partial charge in [0.15, 0.2) is 0 Å². The fourth-order valence-corrected chi connectivity index (χ4v) is 2.44. The van der Waals surface area contributed by atoms with Crippen LogP contribution in [-0.2, 0) is 11.3 Å². The van der Waals surface area contributed by atoms with Crippen LogP contribution >= 0.6 is 11.3 Å². The van der Waals surface area contributed by atoms with E-state index in [1.807, 2.05) is 11.3 Å². The summed E-state index contributed by atoms with van der Waals surface area (Å²) in [6.45, 7) is 8.42. The van der Waals surface area contributed by atoms with E-state index in [9.17, 15) is 0 Å². The monoisotopic (exact) mass is 256 g/mol. The van der Waals surface area contributed by atoms with E-state index >= 15 is 0 Å². The molecule has 0 atom stereocenters. The molecule has 0 amide bonds. The maximum absolute atomic E-state index is 4.99. The largest absolute Gasteiger partial charge is 0.383 e. The molecule has 1 N–H and O–H groups in total. The van der Waals surface area contributed by atoms with Gasteiger partial charge in [0, 0.05) is 25.1 Å². The van der Waals surface area contributed by atoms with Gasteiger partial charge in [-0.15, -0.1) is 11.3 Å². The number of hydrogen-bond acceptors (Lipinski definition) is 4. The number of thiophene rings is 1. The fourth-order valence-electron chi connectivity index (χ4n) is 1.70. The lowest BCUT2D eigenvalue weighted by Crippen LogP contribution is -2.28. The molecule has 0 spiro atoms. The van der Waals surface area contributed by atoms with Crippen LogP contribution in [0.25, 0.3) is 0 Å². The third kappa shape index (κ3) is 6.78. The predicted molar refractivity (Wildman–Crippen MR) is 74.6 cm³/mol. The molecular weight excluding hydrogens is 232 g/mol. The maximum Gasteiger partial charge on any atom is 0.0587 e. The molecular formula is C13H24N2OS. The minimum absolute atomic E-state index is 0.798. The van der Waals surface area contributed by atoms with Crippen LogP contribution in [0.15, 0.2) is 17.5 Å². The molecule has 4 heteroatoms. The summed E-state index contributed by atoms with van der Waals surface area (Å²) in [5, 5.41) is 5.52. The highest BCUT2D eigenvalue weighted by Gasteiger charge is 2.03. The van der Waals surface area contributed by atoms with Crippen molar-refractivity contribution in [3.8, 4) is 0 Å². The zero-order valence-corrected chi connectivity index (χ0v) is 11.8. The van der Waals surface area contributed by atoms with E-state index in [1.165, 1.54) is 11.3 Å². The minimum atomic E-state index is 0.798. The summed E-state index contributed by atoms with van der Waals surface area (Å²) < 4.78 is 4.99. The summed E-state index contributed by atoms with van der Waals surface area (Å²) >= 11 is 1.84. The van der Waals surface area contributed by atoms with E-state index in [1.54, 1.807) is 7.11 Å². The van der Waals surface area contributed by atoms with E-state index in [4.69, 9.17) is 4.74 Å². The van der Waals surface area contributed by atoms with Crippen LogP contribution in [-0.4, -0.2) is 44.8 Å². The summed E-state index contributed by atoms with van der Waals surface area (Å²) in [5.74, 6) is 0.